The molecular weight excluding hydrogens is 318 g/mol. The van der Waals surface area contributed by atoms with Crippen molar-refractivity contribution in [3.05, 3.63) is 23.8 Å². The van der Waals surface area contributed by atoms with Gasteiger partial charge in [0.25, 0.3) is 5.91 Å². The maximum Gasteiger partial charge on any atom is 0.254 e. The van der Waals surface area contributed by atoms with Crippen molar-refractivity contribution >= 4 is 5.91 Å². The molecule has 0 unspecified atom stereocenters. The molecule has 1 aromatic rings. The molecule has 2 saturated heterocycles. The number of rotatable bonds is 4. The van der Waals surface area contributed by atoms with Crippen molar-refractivity contribution in [3.63, 3.8) is 0 Å². The monoisotopic (exact) mass is 345 g/mol. The fourth-order valence-electron chi connectivity index (χ4n) is 3.85. The van der Waals surface area contributed by atoms with Gasteiger partial charge in [0.2, 0.25) is 6.79 Å². The first-order valence-electron chi connectivity index (χ1n) is 9.43. The Bertz CT molecular complexity index is 608. The quantitative estimate of drug-likeness (QED) is 0.830. The molecule has 0 spiro atoms. The van der Waals surface area contributed by atoms with Crippen LogP contribution in [0.5, 0.6) is 11.5 Å². The van der Waals surface area contributed by atoms with Crippen LogP contribution in [-0.4, -0.2) is 79.8 Å². The molecule has 136 valence electrons. The third kappa shape index (κ3) is 3.90. The first-order valence-corrected chi connectivity index (χ1v) is 9.43. The van der Waals surface area contributed by atoms with E-state index < -0.39 is 0 Å². The summed E-state index contributed by atoms with van der Waals surface area (Å²) in [5.74, 6) is 1.49. The number of likely N-dealkylation sites (tertiary alicyclic amines) is 1. The highest BCUT2D eigenvalue weighted by molar-refractivity contribution is 5.95. The number of piperidine rings is 1. The van der Waals surface area contributed by atoms with Crippen LogP contribution in [0.3, 0.4) is 0 Å². The molecule has 0 N–H and O–H groups in total. The zero-order chi connectivity index (χ0) is 17.1. The minimum atomic E-state index is 0.0916. The molecule has 2 fully saturated rings. The first-order chi connectivity index (χ1) is 12.3. The van der Waals surface area contributed by atoms with Gasteiger partial charge in [-0.3, -0.25) is 9.69 Å². The second kappa shape index (κ2) is 7.62. The molecule has 1 amide bonds. The normalized spacial score (nSPS) is 21.5. The van der Waals surface area contributed by atoms with Crippen LogP contribution >= 0.6 is 0 Å². The topological polar surface area (TPSA) is 45.3 Å². The Kier molecular flexibility index (Phi) is 5.08. The summed E-state index contributed by atoms with van der Waals surface area (Å²) in [7, 11) is 0. The van der Waals surface area contributed by atoms with Crippen LogP contribution in [0.15, 0.2) is 18.2 Å². The van der Waals surface area contributed by atoms with E-state index in [0.29, 0.717) is 11.3 Å². The minimum Gasteiger partial charge on any atom is -0.454 e. The average Bonchev–Trinajstić information content (AvgIpc) is 3.15. The van der Waals surface area contributed by atoms with Gasteiger partial charge in [0.15, 0.2) is 11.5 Å². The Morgan fingerprint density at radius 2 is 1.52 bits per heavy atom. The summed E-state index contributed by atoms with van der Waals surface area (Å²) in [6, 6.07) is 5.45. The van der Waals surface area contributed by atoms with Crippen molar-refractivity contribution in [1.29, 1.82) is 0 Å². The van der Waals surface area contributed by atoms with Crippen LogP contribution in [0.4, 0.5) is 0 Å². The molecule has 25 heavy (non-hydrogen) atoms. The van der Waals surface area contributed by atoms with Gasteiger partial charge < -0.3 is 19.3 Å². The Morgan fingerprint density at radius 3 is 2.28 bits per heavy atom. The van der Waals surface area contributed by atoms with E-state index in [1.165, 1.54) is 32.4 Å². The number of amides is 1. The second-order valence-corrected chi connectivity index (χ2v) is 7.10. The number of fused-ring (bicyclic) bond motifs is 1. The van der Waals surface area contributed by atoms with Crippen molar-refractivity contribution in [2.45, 2.75) is 19.3 Å². The number of carbonyl (C=O) groups excluding carboxylic acids is 1. The van der Waals surface area contributed by atoms with Crippen LogP contribution in [0.1, 0.15) is 29.6 Å². The van der Waals surface area contributed by atoms with Crippen molar-refractivity contribution in [3.8, 4) is 11.5 Å². The molecule has 0 radical (unpaired) electrons. The summed E-state index contributed by atoms with van der Waals surface area (Å²) >= 11 is 0. The van der Waals surface area contributed by atoms with Gasteiger partial charge in [-0.1, -0.05) is 6.42 Å². The van der Waals surface area contributed by atoms with Gasteiger partial charge in [0.1, 0.15) is 0 Å². The standard InChI is InChI=1S/C19H27N3O3/c23-19(16-4-5-17-18(14-16)25-15-24-17)22-12-10-21(11-13-22)9-8-20-6-2-1-3-7-20/h4-5,14H,1-3,6-13,15H2. The lowest BCUT2D eigenvalue weighted by Gasteiger charge is -2.36. The molecule has 4 rings (SSSR count). The van der Waals surface area contributed by atoms with E-state index in [-0.39, 0.29) is 12.7 Å². The first kappa shape index (κ1) is 16.7. The lowest BCUT2D eigenvalue weighted by Crippen LogP contribution is -2.50. The predicted molar refractivity (Wildman–Crippen MR) is 95.2 cm³/mol. The maximum atomic E-state index is 12.7. The van der Waals surface area contributed by atoms with E-state index in [1.54, 1.807) is 6.07 Å². The number of nitrogens with zero attached hydrogens (tertiary/aromatic N) is 3. The highest BCUT2D eigenvalue weighted by atomic mass is 16.7. The molecule has 0 saturated carbocycles. The van der Waals surface area contributed by atoms with E-state index in [2.05, 4.69) is 9.80 Å². The van der Waals surface area contributed by atoms with Gasteiger partial charge in [0.05, 0.1) is 0 Å². The Morgan fingerprint density at radius 1 is 0.840 bits per heavy atom. The third-order valence-electron chi connectivity index (χ3n) is 5.46. The molecule has 1 aromatic carbocycles. The van der Waals surface area contributed by atoms with Crippen LogP contribution in [-0.2, 0) is 0 Å². The van der Waals surface area contributed by atoms with E-state index in [1.807, 2.05) is 17.0 Å². The zero-order valence-electron chi connectivity index (χ0n) is 14.8. The van der Waals surface area contributed by atoms with Crippen molar-refractivity contribution < 1.29 is 14.3 Å². The highest BCUT2D eigenvalue weighted by Crippen LogP contribution is 2.32. The van der Waals surface area contributed by atoms with Crippen LogP contribution in [0, 0.1) is 0 Å². The summed E-state index contributed by atoms with van der Waals surface area (Å²) in [5, 5.41) is 0. The lowest BCUT2D eigenvalue weighted by atomic mass is 10.1. The molecule has 0 aromatic heterocycles. The van der Waals surface area contributed by atoms with Crippen molar-refractivity contribution in [2.24, 2.45) is 0 Å². The summed E-state index contributed by atoms with van der Waals surface area (Å²) in [6.07, 6.45) is 4.08. The third-order valence-corrected chi connectivity index (χ3v) is 5.46. The van der Waals surface area contributed by atoms with Crippen molar-refractivity contribution in [2.75, 3.05) is 59.2 Å². The Labute approximate surface area is 149 Å². The molecule has 3 aliphatic heterocycles. The molecule has 6 nitrogen and oxygen atoms in total. The highest BCUT2D eigenvalue weighted by Gasteiger charge is 2.24. The van der Waals surface area contributed by atoms with Gasteiger partial charge in [-0.2, -0.15) is 0 Å². The predicted octanol–water partition coefficient (Wildman–Crippen LogP) is 1.66. The minimum absolute atomic E-state index is 0.0916. The number of carbonyl (C=O) groups is 1. The molecule has 6 heteroatoms. The van der Waals surface area contributed by atoms with Crippen LogP contribution in [0.2, 0.25) is 0 Å². The molecule has 3 heterocycles. The summed E-state index contributed by atoms with van der Waals surface area (Å²) in [4.78, 5) is 19.7. The summed E-state index contributed by atoms with van der Waals surface area (Å²) < 4.78 is 10.7. The van der Waals surface area contributed by atoms with Gasteiger partial charge in [-0.05, 0) is 44.1 Å². The van der Waals surface area contributed by atoms with Gasteiger partial charge in [-0.15, -0.1) is 0 Å². The van der Waals surface area contributed by atoms with Gasteiger partial charge in [0, 0.05) is 44.8 Å². The molecule has 0 aliphatic carbocycles. The summed E-state index contributed by atoms with van der Waals surface area (Å²) in [5.41, 5.74) is 0.686. The second-order valence-electron chi connectivity index (χ2n) is 7.10. The number of benzene rings is 1. The fraction of sp³-hybridized carbons (Fsp3) is 0.632. The van der Waals surface area contributed by atoms with Gasteiger partial charge >= 0.3 is 0 Å². The van der Waals surface area contributed by atoms with E-state index in [9.17, 15) is 4.79 Å². The van der Waals surface area contributed by atoms with Gasteiger partial charge in [-0.25, -0.2) is 0 Å². The number of hydrogen-bond acceptors (Lipinski definition) is 5. The largest absolute Gasteiger partial charge is 0.454 e. The Hall–Kier alpha value is -1.79. The fourth-order valence-corrected chi connectivity index (χ4v) is 3.85. The Balaban J connectivity index is 1.26. The van der Waals surface area contributed by atoms with E-state index in [0.717, 1.165) is 45.0 Å². The SMILES string of the molecule is O=C(c1ccc2c(c1)OCO2)N1CCN(CCN2CCCCC2)CC1. The maximum absolute atomic E-state index is 12.7. The van der Waals surface area contributed by atoms with Crippen molar-refractivity contribution in [1.82, 2.24) is 14.7 Å². The molecule has 0 bridgehead atoms. The lowest BCUT2D eigenvalue weighted by molar-refractivity contribution is 0.0618. The van der Waals surface area contributed by atoms with E-state index in [4.69, 9.17) is 9.47 Å². The molecular formula is C19H27N3O3. The smallest absolute Gasteiger partial charge is 0.254 e. The van der Waals surface area contributed by atoms with Crippen LogP contribution < -0.4 is 9.47 Å². The molecule has 0 atom stereocenters. The summed E-state index contributed by atoms with van der Waals surface area (Å²) in [6.45, 7) is 8.55. The number of ether oxygens (including phenoxy) is 2. The van der Waals surface area contributed by atoms with E-state index >= 15 is 0 Å². The van der Waals surface area contributed by atoms with Crippen LogP contribution in [0.25, 0.3) is 0 Å². The zero-order valence-corrected chi connectivity index (χ0v) is 14.8. The number of piperazine rings is 1. The average molecular weight is 345 g/mol. The molecule has 3 aliphatic rings. The number of hydrogen-bond donors (Lipinski definition) is 0.